The second-order valence-electron chi connectivity index (χ2n) is 6.71. The first-order chi connectivity index (χ1) is 9.96. The van der Waals surface area contributed by atoms with E-state index in [1.165, 1.54) is 17.7 Å². The van der Waals surface area contributed by atoms with Crippen molar-refractivity contribution in [2.75, 3.05) is 21.3 Å². The Labute approximate surface area is 132 Å². The highest BCUT2D eigenvalue weighted by molar-refractivity contribution is 7.11. The Morgan fingerprint density at radius 3 is 2.38 bits per heavy atom. The molecule has 1 fully saturated rings. The minimum atomic E-state index is -0.200. The van der Waals surface area contributed by atoms with E-state index in [2.05, 4.69) is 19.2 Å². The average molecular weight is 312 g/mol. The molecule has 0 bridgehead atoms. The van der Waals surface area contributed by atoms with Gasteiger partial charge in [0, 0.05) is 25.6 Å². The maximum absolute atomic E-state index is 5.97. The first-order valence-electron chi connectivity index (χ1n) is 7.64. The number of nitrogens with zero attached hydrogens (tertiary/aromatic N) is 1. The normalized spacial score (nSPS) is 20.6. The number of hydrogen-bond donors (Lipinski definition) is 1. The van der Waals surface area contributed by atoms with Crippen molar-refractivity contribution < 1.29 is 9.47 Å². The highest BCUT2D eigenvalue weighted by atomic mass is 32.1. The summed E-state index contributed by atoms with van der Waals surface area (Å²) in [6.45, 7) is 6.09. The second-order valence-corrected chi connectivity index (χ2v) is 7.80. The Morgan fingerprint density at radius 2 is 1.86 bits per heavy atom. The second kappa shape index (κ2) is 6.73. The van der Waals surface area contributed by atoms with Crippen molar-refractivity contribution in [3.8, 4) is 0 Å². The van der Waals surface area contributed by atoms with Gasteiger partial charge >= 0.3 is 0 Å². The van der Waals surface area contributed by atoms with Gasteiger partial charge in [-0.15, -0.1) is 11.3 Å². The van der Waals surface area contributed by atoms with Gasteiger partial charge in [0.25, 0.3) is 0 Å². The van der Waals surface area contributed by atoms with Gasteiger partial charge in [0.1, 0.15) is 10.6 Å². The van der Waals surface area contributed by atoms with Crippen molar-refractivity contribution >= 4 is 11.3 Å². The number of aromatic nitrogens is 1. The molecule has 4 nitrogen and oxygen atoms in total. The molecule has 5 heteroatoms. The van der Waals surface area contributed by atoms with Gasteiger partial charge in [-0.2, -0.15) is 0 Å². The van der Waals surface area contributed by atoms with Gasteiger partial charge in [0.2, 0.25) is 0 Å². The number of rotatable bonds is 6. The zero-order valence-corrected chi connectivity index (χ0v) is 14.7. The van der Waals surface area contributed by atoms with Crippen LogP contribution in [0.15, 0.2) is 0 Å². The van der Waals surface area contributed by atoms with Crippen molar-refractivity contribution in [2.24, 2.45) is 5.41 Å². The van der Waals surface area contributed by atoms with Gasteiger partial charge in [-0.1, -0.05) is 13.8 Å². The Hall–Kier alpha value is -0.490. The van der Waals surface area contributed by atoms with Crippen molar-refractivity contribution in [3.05, 3.63) is 15.6 Å². The first kappa shape index (κ1) is 16.9. The van der Waals surface area contributed by atoms with Gasteiger partial charge in [0.15, 0.2) is 0 Å². The summed E-state index contributed by atoms with van der Waals surface area (Å²) in [7, 11) is 5.51. The molecule has 0 atom stereocenters. The monoisotopic (exact) mass is 312 g/mol. The maximum Gasteiger partial charge on any atom is 0.125 e. The molecule has 21 heavy (non-hydrogen) atoms. The van der Waals surface area contributed by atoms with E-state index >= 15 is 0 Å². The fraction of sp³-hybridized carbons (Fsp3) is 0.812. The van der Waals surface area contributed by atoms with Crippen LogP contribution in [0.1, 0.15) is 55.1 Å². The fourth-order valence-corrected chi connectivity index (χ4v) is 4.26. The van der Waals surface area contributed by atoms with E-state index in [0.29, 0.717) is 12.0 Å². The SMILES string of the molecule is CNCc1sc(C2(OC)CCC(C)(C)CC2)nc1COC. The Morgan fingerprint density at radius 1 is 1.19 bits per heavy atom. The molecule has 1 N–H and O–H groups in total. The fourth-order valence-electron chi connectivity index (χ4n) is 2.96. The van der Waals surface area contributed by atoms with Crippen LogP contribution < -0.4 is 5.32 Å². The van der Waals surface area contributed by atoms with Crippen molar-refractivity contribution in [1.82, 2.24) is 10.3 Å². The van der Waals surface area contributed by atoms with E-state index < -0.39 is 0 Å². The largest absolute Gasteiger partial charge is 0.378 e. The highest BCUT2D eigenvalue weighted by Crippen LogP contribution is 2.48. The minimum Gasteiger partial charge on any atom is -0.378 e. The van der Waals surface area contributed by atoms with Crippen molar-refractivity contribution in [2.45, 2.75) is 58.3 Å². The molecule has 1 aliphatic rings. The van der Waals surface area contributed by atoms with E-state index in [-0.39, 0.29) is 5.60 Å². The van der Waals surface area contributed by atoms with Crippen LogP contribution in [0.3, 0.4) is 0 Å². The average Bonchev–Trinajstić information content (AvgIpc) is 2.84. The molecule has 0 radical (unpaired) electrons. The van der Waals surface area contributed by atoms with Crippen LogP contribution in [0.5, 0.6) is 0 Å². The third-order valence-electron chi connectivity index (χ3n) is 4.59. The highest BCUT2D eigenvalue weighted by Gasteiger charge is 2.42. The molecule has 1 aromatic rings. The number of methoxy groups -OCH3 is 2. The molecule has 0 spiro atoms. The lowest BCUT2D eigenvalue weighted by Crippen LogP contribution is -2.36. The lowest BCUT2D eigenvalue weighted by molar-refractivity contribution is -0.0669. The van der Waals surface area contributed by atoms with Crippen LogP contribution in [-0.2, 0) is 28.2 Å². The van der Waals surface area contributed by atoms with Crippen LogP contribution in [0.4, 0.5) is 0 Å². The van der Waals surface area contributed by atoms with Crippen molar-refractivity contribution in [3.63, 3.8) is 0 Å². The summed E-state index contributed by atoms with van der Waals surface area (Å²) in [6, 6.07) is 0. The molecule has 1 aliphatic carbocycles. The molecular weight excluding hydrogens is 284 g/mol. The van der Waals surface area contributed by atoms with E-state index in [4.69, 9.17) is 14.5 Å². The van der Waals surface area contributed by atoms with Crippen LogP contribution >= 0.6 is 11.3 Å². The molecule has 1 aromatic heterocycles. The minimum absolute atomic E-state index is 0.200. The van der Waals surface area contributed by atoms with Gasteiger partial charge < -0.3 is 14.8 Å². The Kier molecular flexibility index (Phi) is 5.41. The zero-order chi connectivity index (χ0) is 15.5. The molecule has 0 aliphatic heterocycles. The molecular formula is C16H28N2O2S. The lowest BCUT2D eigenvalue weighted by Gasteiger charge is -2.41. The Balaban J connectivity index is 2.28. The summed E-state index contributed by atoms with van der Waals surface area (Å²) in [4.78, 5) is 6.12. The molecule has 2 rings (SSSR count). The smallest absolute Gasteiger partial charge is 0.125 e. The van der Waals surface area contributed by atoms with E-state index in [9.17, 15) is 0 Å². The number of hydrogen-bond acceptors (Lipinski definition) is 5. The van der Waals surface area contributed by atoms with E-state index in [0.717, 1.165) is 30.1 Å². The van der Waals surface area contributed by atoms with E-state index in [1.54, 1.807) is 18.4 Å². The zero-order valence-electron chi connectivity index (χ0n) is 13.9. The predicted octanol–water partition coefficient (Wildman–Crippen LogP) is 3.45. The molecule has 0 saturated heterocycles. The van der Waals surface area contributed by atoms with Crippen LogP contribution in [0.25, 0.3) is 0 Å². The standard InChI is InChI=1S/C16H28N2O2S/c1-15(2)6-8-16(20-5,9-7-15)14-18-12(11-19-4)13(21-14)10-17-3/h17H,6-11H2,1-5H3. The van der Waals surface area contributed by atoms with Gasteiger partial charge in [-0.3, -0.25) is 0 Å². The number of nitrogens with one attached hydrogen (secondary N) is 1. The van der Waals surface area contributed by atoms with E-state index in [1.807, 2.05) is 14.2 Å². The predicted molar refractivity (Wildman–Crippen MR) is 86.5 cm³/mol. The van der Waals surface area contributed by atoms with Crippen LogP contribution in [0, 0.1) is 5.41 Å². The molecule has 0 unspecified atom stereocenters. The summed E-state index contributed by atoms with van der Waals surface area (Å²) in [5.41, 5.74) is 1.27. The molecule has 0 amide bonds. The third kappa shape index (κ3) is 3.65. The van der Waals surface area contributed by atoms with Gasteiger partial charge in [-0.05, 0) is 38.1 Å². The van der Waals surface area contributed by atoms with Gasteiger partial charge in [0.05, 0.1) is 12.3 Å². The maximum atomic E-state index is 5.97. The number of ether oxygens (including phenoxy) is 2. The summed E-state index contributed by atoms with van der Waals surface area (Å²) in [5, 5.41) is 4.34. The summed E-state index contributed by atoms with van der Waals surface area (Å²) in [5.74, 6) is 0. The summed E-state index contributed by atoms with van der Waals surface area (Å²) in [6.07, 6.45) is 4.47. The molecule has 1 saturated carbocycles. The lowest BCUT2D eigenvalue weighted by atomic mass is 9.71. The first-order valence-corrected chi connectivity index (χ1v) is 8.46. The molecule has 0 aromatic carbocycles. The Bertz CT molecular complexity index is 437. The number of thiazole rings is 1. The third-order valence-corrected chi connectivity index (χ3v) is 5.87. The van der Waals surface area contributed by atoms with Crippen molar-refractivity contribution in [1.29, 1.82) is 0 Å². The summed E-state index contributed by atoms with van der Waals surface area (Å²) >= 11 is 1.78. The molecule has 1 heterocycles. The van der Waals surface area contributed by atoms with Crippen LogP contribution in [-0.4, -0.2) is 26.3 Å². The topological polar surface area (TPSA) is 43.4 Å². The van der Waals surface area contributed by atoms with Crippen LogP contribution in [0.2, 0.25) is 0 Å². The van der Waals surface area contributed by atoms with Gasteiger partial charge in [-0.25, -0.2) is 4.98 Å². The molecule has 120 valence electrons. The quantitative estimate of drug-likeness (QED) is 0.874. The summed E-state index contributed by atoms with van der Waals surface area (Å²) < 4.78 is 11.3.